The van der Waals surface area contributed by atoms with Gasteiger partial charge in [0.05, 0.1) is 11.2 Å². The van der Waals surface area contributed by atoms with Gasteiger partial charge in [0.2, 0.25) is 0 Å². The van der Waals surface area contributed by atoms with Crippen molar-refractivity contribution < 1.29 is 14.3 Å². The van der Waals surface area contributed by atoms with Gasteiger partial charge in [0.25, 0.3) is 0 Å². The molecule has 0 spiro atoms. The number of carbonyl (C=O) groups excluding carboxylic acids is 1. The third kappa shape index (κ3) is 6.31. The Morgan fingerprint density at radius 2 is 1.77 bits per heavy atom. The molecule has 4 N–H and O–H groups in total. The number of rotatable bonds is 6. The van der Waals surface area contributed by atoms with E-state index in [0.717, 1.165) is 29.8 Å². The quantitative estimate of drug-likeness (QED) is 0.248. The van der Waals surface area contributed by atoms with Gasteiger partial charge in [-0.05, 0) is 82.1 Å². The fraction of sp³-hybridized carbons (Fsp3) is 0.290. The number of nitrogens with one attached hydrogen (secondary N) is 2. The molecule has 1 amide bonds. The normalized spacial score (nSPS) is 15.5. The van der Waals surface area contributed by atoms with Crippen LogP contribution in [0.4, 0.5) is 16.3 Å². The fourth-order valence-corrected chi connectivity index (χ4v) is 4.73. The van der Waals surface area contributed by atoms with Crippen molar-refractivity contribution in [1.82, 2.24) is 14.9 Å². The summed E-state index contributed by atoms with van der Waals surface area (Å²) >= 11 is 0. The Balaban J connectivity index is 1.41. The highest BCUT2D eigenvalue weighted by Gasteiger charge is 2.28. The van der Waals surface area contributed by atoms with E-state index in [1.54, 1.807) is 4.90 Å². The summed E-state index contributed by atoms with van der Waals surface area (Å²) in [7, 11) is 0. The summed E-state index contributed by atoms with van der Waals surface area (Å²) in [5, 5.41) is 13.4. The Bertz CT molecular complexity index is 1520. The number of likely N-dealkylation sites (tertiary alicyclic amines) is 1. The number of nitrogens with zero attached hydrogens (tertiary/aromatic N) is 3. The van der Waals surface area contributed by atoms with Crippen LogP contribution in [0.15, 0.2) is 73.1 Å². The third-order valence-corrected chi connectivity index (χ3v) is 6.63. The molecule has 0 radical (unpaired) electrons. The van der Waals surface area contributed by atoms with Gasteiger partial charge in [-0.1, -0.05) is 18.2 Å². The third-order valence-electron chi connectivity index (χ3n) is 6.63. The number of benzene rings is 3. The SMILES string of the molecule is CC(C)(C)OC(=O)N1CCCC(Nc2cc3ncnc(N)c3cc2C(=N)c2ccc(Oc3ccccc3)cc2)C1. The van der Waals surface area contributed by atoms with Crippen molar-refractivity contribution in [2.75, 3.05) is 24.1 Å². The lowest BCUT2D eigenvalue weighted by atomic mass is 9.97. The summed E-state index contributed by atoms with van der Waals surface area (Å²) in [4.78, 5) is 23.0. The van der Waals surface area contributed by atoms with Crippen LogP contribution in [0.3, 0.4) is 0 Å². The second kappa shape index (κ2) is 11.2. The van der Waals surface area contributed by atoms with Gasteiger partial charge in [0.15, 0.2) is 0 Å². The first-order valence-corrected chi connectivity index (χ1v) is 13.4. The van der Waals surface area contributed by atoms with E-state index < -0.39 is 5.60 Å². The monoisotopic (exact) mass is 538 g/mol. The molecule has 206 valence electrons. The van der Waals surface area contributed by atoms with Crippen molar-refractivity contribution in [3.63, 3.8) is 0 Å². The highest BCUT2D eigenvalue weighted by Crippen LogP contribution is 2.30. The van der Waals surface area contributed by atoms with E-state index in [1.165, 1.54) is 6.33 Å². The number of amides is 1. The highest BCUT2D eigenvalue weighted by atomic mass is 16.6. The maximum absolute atomic E-state index is 12.7. The number of hydrogen-bond donors (Lipinski definition) is 3. The predicted octanol–water partition coefficient (Wildman–Crippen LogP) is 6.23. The standard InChI is InChI=1S/C31H34N6O3/c1-31(2,3)40-30(38)37-15-7-8-21(18-37)36-27-17-26-25(29(33)35-19-34-26)16-24(27)28(32)20-11-13-23(14-12-20)39-22-9-5-4-6-10-22/h4-6,9-14,16-17,19,21,32,36H,7-8,15,18H2,1-3H3,(H2,33,34,35). The molecule has 1 aliphatic rings. The van der Waals surface area contributed by atoms with E-state index in [1.807, 2.05) is 87.5 Å². The molecule has 0 saturated carbocycles. The molecule has 9 nitrogen and oxygen atoms in total. The summed E-state index contributed by atoms with van der Waals surface area (Å²) in [6, 6.07) is 20.7. The fourth-order valence-electron chi connectivity index (χ4n) is 4.73. The molecule has 3 aromatic carbocycles. The first kappa shape index (κ1) is 26.9. The summed E-state index contributed by atoms with van der Waals surface area (Å²) in [6.45, 7) is 6.74. The molecule has 40 heavy (non-hydrogen) atoms. The molecule has 1 atom stereocenters. The smallest absolute Gasteiger partial charge is 0.410 e. The number of nitrogen functional groups attached to an aromatic ring is 1. The van der Waals surface area contributed by atoms with E-state index in [4.69, 9.17) is 20.6 Å². The Hall–Kier alpha value is -4.66. The van der Waals surface area contributed by atoms with E-state index in [2.05, 4.69) is 15.3 Å². The van der Waals surface area contributed by atoms with Crippen molar-refractivity contribution in [3.8, 4) is 11.5 Å². The molecule has 1 aromatic heterocycles. The molecule has 1 fully saturated rings. The minimum absolute atomic E-state index is 0.0221. The van der Waals surface area contributed by atoms with E-state index in [9.17, 15) is 4.79 Å². The predicted molar refractivity (Wildman–Crippen MR) is 157 cm³/mol. The minimum atomic E-state index is -0.556. The van der Waals surface area contributed by atoms with Crippen LogP contribution >= 0.6 is 0 Å². The van der Waals surface area contributed by atoms with Gasteiger partial charge in [-0.15, -0.1) is 0 Å². The number of anilines is 2. The van der Waals surface area contributed by atoms with Gasteiger partial charge in [-0.25, -0.2) is 14.8 Å². The lowest BCUT2D eigenvalue weighted by molar-refractivity contribution is 0.0206. The van der Waals surface area contributed by atoms with E-state index >= 15 is 0 Å². The Kier molecular flexibility index (Phi) is 7.55. The number of piperidine rings is 1. The number of carbonyl (C=O) groups is 1. The van der Waals surface area contributed by atoms with Crippen molar-refractivity contribution in [2.24, 2.45) is 0 Å². The van der Waals surface area contributed by atoms with Crippen LogP contribution in [-0.2, 0) is 4.74 Å². The maximum Gasteiger partial charge on any atom is 0.410 e. The van der Waals surface area contributed by atoms with Gasteiger partial charge in [-0.3, -0.25) is 5.41 Å². The molecule has 0 aliphatic carbocycles. The largest absolute Gasteiger partial charge is 0.457 e. The van der Waals surface area contributed by atoms with Crippen LogP contribution in [-0.4, -0.2) is 51.4 Å². The first-order valence-electron chi connectivity index (χ1n) is 13.4. The molecule has 2 heterocycles. The summed E-state index contributed by atoms with van der Waals surface area (Å²) < 4.78 is 11.5. The summed E-state index contributed by atoms with van der Waals surface area (Å²) in [5.41, 5.74) is 8.75. The Morgan fingerprint density at radius 3 is 2.50 bits per heavy atom. The molecule has 1 saturated heterocycles. The molecule has 4 aromatic rings. The molecule has 0 bridgehead atoms. The zero-order valence-electron chi connectivity index (χ0n) is 23.0. The molecular formula is C31H34N6O3. The van der Waals surface area contributed by atoms with Gasteiger partial charge in [-0.2, -0.15) is 0 Å². The van der Waals surface area contributed by atoms with Crippen LogP contribution in [0.1, 0.15) is 44.7 Å². The van der Waals surface area contributed by atoms with Gasteiger partial charge in [0, 0.05) is 41.3 Å². The second-order valence-electron chi connectivity index (χ2n) is 10.9. The molecular weight excluding hydrogens is 504 g/mol. The van der Waals surface area contributed by atoms with Gasteiger partial charge in [0.1, 0.15) is 29.2 Å². The number of hydrogen-bond acceptors (Lipinski definition) is 8. The number of aromatic nitrogens is 2. The van der Waals surface area contributed by atoms with Crippen molar-refractivity contribution in [3.05, 3.63) is 84.2 Å². The van der Waals surface area contributed by atoms with Crippen LogP contribution < -0.4 is 15.8 Å². The van der Waals surface area contributed by atoms with Crippen LogP contribution in [0, 0.1) is 5.41 Å². The van der Waals surface area contributed by atoms with E-state index in [0.29, 0.717) is 46.8 Å². The molecule has 1 unspecified atom stereocenters. The van der Waals surface area contributed by atoms with Crippen molar-refractivity contribution >= 4 is 34.2 Å². The first-order chi connectivity index (χ1) is 19.2. The lowest BCUT2D eigenvalue weighted by Crippen LogP contribution is -2.47. The number of fused-ring (bicyclic) bond motifs is 1. The highest BCUT2D eigenvalue weighted by molar-refractivity contribution is 6.16. The zero-order valence-corrected chi connectivity index (χ0v) is 23.0. The average Bonchev–Trinajstić information content (AvgIpc) is 2.93. The summed E-state index contributed by atoms with van der Waals surface area (Å²) in [5.74, 6) is 1.78. The Morgan fingerprint density at radius 1 is 1.05 bits per heavy atom. The average molecular weight is 539 g/mol. The van der Waals surface area contributed by atoms with Crippen molar-refractivity contribution in [2.45, 2.75) is 45.3 Å². The van der Waals surface area contributed by atoms with Gasteiger partial charge < -0.3 is 25.4 Å². The maximum atomic E-state index is 12.7. The van der Waals surface area contributed by atoms with Crippen LogP contribution in [0.25, 0.3) is 10.9 Å². The summed E-state index contributed by atoms with van der Waals surface area (Å²) in [6.07, 6.45) is 2.84. The number of para-hydroxylation sites is 1. The molecule has 9 heteroatoms. The van der Waals surface area contributed by atoms with E-state index in [-0.39, 0.29) is 12.1 Å². The molecule has 5 rings (SSSR count). The minimum Gasteiger partial charge on any atom is -0.457 e. The topological polar surface area (TPSA) is 126 Å². The number of ether oxygens (including phenoxy) is 2. The van der Waals surface area contributed by atoms with Crippen molar-refractivity contribution in [1.29, 1.82) is 5.41 Å². The molecule has 1 aliphatic heterocycles. The van der Waals surface area contributed by atoms with Gasteiger partial charge >= 0.3 is 6.09 Å². The Labute approximate surface area is 233 Å². The second-order valence-corrected chi connectivity index (χ2v) is 10.9. The van der Waals surface area contributed by atoms with Crippen LogP contribution in [0.2, 0.25) is 0 Å². The zero-order chi connectivity index (χ0) is 28.3. The van der Waals surface area contributed by atoms with Crippen LogP contribution in [0.5, 0.6) is 11.5 Å². The lowest BCUT2D eigenvalue weighted by Gasteiger charge is -2.35. The number of nitrogens with two attached hydrogens (primary N) is 1.